The van der Waals surface area contributed by atoms with E-state index in [0.29, 0.717) is 16.5 Å². The van der Waals surface area contributed by atoms with Gasteiger partial charge in [0.25, 0.3) is 5.91 Å². The van der Waals surface area contributed by atoms with Gasteiger partial charge in [-0.05, 0) is 65.7 Å². The number of rotatable bonds is 3. The highest BCUT2D eigenvalue weighted by molar-refractivity contribution is 9.10. The predicted octanol–water partition coefficient (Wildman–Crippen LogP) is 3.38. The molecule has 2 N–H and O–H groups in total. The third-order valence-electron chi connectivity index (χ3n) is 3.61. The fraction of sp³-hybridized carbons (Fsp3) is 0.500. The molecule has 0 saturated heterocycles. The number of hydrogen-bond donors (Lipinski definition) is 2. The lowest BCUT2D eigenvalue weighted by atomic mass is 9.86. The van der Waals surface area contributed by atoms with E-state index in [9.17, 15) is 4.79 Å². The van der Waals surface area contributed by atoms with Gasteiger partial charge in [-0.15, -0.1) is 0 Å². The van der Waals surface area contributed by atoms with Crippen molar-refractivity contribution in [2.45, 2.75) is 31.7 Å². The molecule has 0 aromatic heterocycles. The number of halogens is 2. The summed E-state index contributed by atoms with van der Waals surface area (Å²) >= 11 is 9.28. The zero-order valence-electron chi connectivity index (χ0n) is 10.5. The second-order valence-electron chi connectivity index (χ2n) is 5.00. The maximum Gasteiger partial charge on any atom is 0.252 e. The average molecular weight is 347 g/mol. The molecule has 1 saturated carbocycles. The van der Waals surface area contributed by atoms with E-state index in [1.54, 1.807) is 18.2 Å². The fourth-order valence-corrected chi connectivity index (χ4v) is 3.02. The van der Waals surface area contributed by atoms with Crippen LogP contribution in [0.3, 0.4) is 0 Å². The minimum Gasteiger partial charge on any atom is -0.396 e. The van der Waals surface area contributed by atoms with E-state index in [2.05, 4.69) is 21.2 Å². The highest BCUT2D eigenvalue weighted by Gasteiger charge is 2.22. The van der Waals surface area contributed by atoms with Crippen molar-refractivity contribution in [1.82, 2.24) is 5.32 Å². The van der Waals surface area contributed by atoms with Crippen LogP contribution < -0.4 is 5.32 Å². The standard InChI is InChI=1S/C14H17BrClNO2/c15-13-6-3-10(16)7-12(13)14(19)17-11-4-1-9(8-18)2-5-11/h3,6-7,9,11,18H,1-2,4-5,8H2,(H,17,19). The molecule has 5 heteroatoms. The summed E-state index contributed by atoms with van der Waals surface area (Å²) in [5, 5.41) is 12.7. The first-order valence-corrected chi connectivity index (χ1v) is 7.64. The summed E-state index contributed by atoms with van der Waals surface area (Å²) in [6.07, 6.45) is 3.79. The van der Waals surface area contributed by atoms with E-state index in [1.807, 2.05) is 0 Å². The number of aliphatic hydroxyl groups excluding tert-OH is 1. The zero-order valence-corrected chi connectivity index (χ0v) is 12.9. The molecule has 0 bridgehead atoms. The van der Waals surface area contributed by atoms with Crippen LogP contribution in [0.15, 0.2) is 22.7 Å². The largest absolute Gasteiger partial charge is 0.396 e. The summed E-state index contributed by atoms with van der Waals surface area (Å²) < 4.78 is 0.749. The van der Waals surface area contributed by atoms with Gasteiger partial charge in [-0.1, -0.05) is 11.6 Å². The number of nitrogens with one attached hydrogen (secondary N) is 1. The molecule has 2 rings (SSSR count). The average Bonchev–Trinajstić information content (AvgIpc) is 2.42. The Morgan fingerprint density at radius 1 is 1.37 bits per heavy atom. The second kappa shape index (κ2) is 6.73. The SMILES string of the molecule is O=C(NC1CCC(CO)CC1)c1cc(Cl)ccc1Br. The fourth-order valence-electron chi connectivity index (χ4n) is 2.42. The van der Waals surface area contributed by atoms with Gasteiger partial charge in [0, 0.05) is 22.1 Å². The Kier molecular flexibility index (Phi) is 5.25. The molecule has 0 radical (unpaired) electrons. The maximum absolute atomic E-state index is 12.2. The normalized spacial score (nSPS) is 23.1. The van der Waals surface area contributed by atoms with E-state index < -0.39 is 0 Å². The van der Waals surface area contributed by atoms with Crippen LogP contribution in [-0.4, -0.2) is 23.7 Å². The second-order valence-corrected chi connectivity index (χ2v) is 6.29. The van der Waals surface area contributed by atoms with E-state index in [-0.39, 0.29) is 18.6 Å². The summed E-state index contributed by atoms with van der Waals surface area (Å²) in [6.45, 7) is 0.251. The first kappa shape index (κ1) is 14.8. The molecule has 3 nitrogen and oxygen atoms in total. The number of carbonyl (C=O) groups excluding carboxylic acids is 1. The molecular formula is C14H17BrClNO2. The molecule has 0 aliphatic heterocycles. The van der Waals surface area contributed by atoms with Crippen LogP contribution in [0.25, 0.3) is 0 Å². The van der Waals surface area contributed by atoms with E-state index in [4.69, 9.17) is 16.7 Å². The van der Waals surface area contributed by atoms with Gasteiger partial charge in [-0.2, -0.15) is 0 Å². The third kappa shape index (κ3) is 3.94. The first-order valence-electron chi connectivity index (χ1n) is 6.47. The monoisotopic (exact) mass is 345 g/mol. The quantitative estimate of drug-likeness (QED) is 0.881. The van der Waals surface area contributed by atoms with Crippen molar-refractivity contribution in [2.24, 2.45) is 5.92 Å². The van der Waals surface area contributed by atoms with Gasteiger partial charge in [0.15, 0.2) is 0 Å². The lowest BCUT2D eigenvalue weighted by molar-refractivity contribution is 0.0913. The van der Waals surface area contributed by atoms with E-state index in [1.165, 1.54) is 0 Å². The van der Waals surface area contributed by atoms with Gasteiger partial charge < -0.3 is 10.4 Å². The predicted molar refractivity (Wildman–Crippen MR) is 79.5 cm³/mol. The van der Waals surface area contributed by atoms with Crippen molar-refractivity contribution in [3.05, 3.63) is 33.3 Å². The van der Waals surface area contributed by atoms with Crippen molar-refractivity contribution in [3.63, 3.8) is 0 Å². The topological polar surface area (TPSA) is 49.3 Å². The Labute approximate surface area is 126 Å². The Hall–Kier alpha value is -0.580. The molecule has 1 amide bonds. The number of aliphatic hydroxyl groups is 1. The van der Waals surface area contributed by atoms with Crippen LogP contribution in [0.2, 0.25) is 5.02 Å². The van der Waals surface area contributed by atoms with Crippen LogP contribution in [0.1, 0.15) is 36.0 Å². The molecule has 0 spiro atoms. The van der Waals surface area contributed by atoms with Crippen molar-refractivity contribution in [2.75, 3.05) is 6.61 Å². The molecule has 1 aliphatic rings. The minimum atomic E-state index is -0.0955. The van der Waals surface area contributed by atoms with Crippen LogP contribution in [0.5, 0.6) is 0 Å². The number of benzene rings is 1. The van der Waals surface area contributed by atoms with E-state index >= 15 is 0 Å². The van der Waals surface area contributed by atoms with Gasteiger partial charge in [-0.3, -0.25) is 4.79 Å². The van der Waals surface area contributed by atoms with Crippen LogP contribution in [0.4, 0.5) is 0 Å². The lowest BCUT2D eigenvalue weighted by Crippen LogP contribution is -2.38. The molecule has 0 heterocycles. The smallest absolute Gasteiger partial charge is 0.252 e. The molecule has 1 aromatic rings. The van der Waals surface area contributed by atoms with Crippen molar-refractivity contribution in [3.8, 4) is 0 Å². The van der Waals surface area contributed by atoms with Crippen LogP contribution >= 0.6 is 27.5 Å². The van der Waals surface area contributed by atoms with Gasteiger partial charge >= 0.3 is 0 Å². The molecule has 1 aliphatic carbocycles. The Morgan fingerprint density at radius 3 is 2.68 bits per heavy atom. The molecule has 1 fully saturated rings. The number of hydrogen-bond acceptors (Lipinski definition) is 2. The molecular weight excluding hydrogens is 330 g/mol. The summed E-state index contributed by atoms with van der Waals surface area (Å²) in [5.74, 6) is 0.299. The molecule has 0 atom stereocenters. The van der Waals surface area contributed by atoms with Crippen LogP contribution in [-0.2, 0) is 0 Å². The summed E-state index contributed by atoms with van der Waals surface area (Å²) in [7, 11) is 0. The summed E-state index contributed by atoms with van der Waals surface area (Å²) in [5.41, 5.74) is 0.566. The highest BCUT2D eigenvalue weighted by Crippen LogP contribution is 2.25. The zero-order chi connectivity index (χ0) is 13.8. The Balaban J connectivity index is 1.96. The maximum atomic E-state index is 12.2. The Morgan fingerprint density at radius 2 is 2.05 bits per heavy atom. The van der Waals surface area contributed by atoms with Gasteiger partial charge in [0.1, 0.15) is 0 Å². The van der Waals surface area contributed by atoms with Gasteiger partial charge in [-0.25, -0.2) is 0 Å². The first-order chi connectivity index (χ1) is 9.10. The third-order valence-corrected chi connectivity index (χ3v) is 4.54. The van der Waals surface area contributed by atoms with Crippen molar-refractivity contribution < 1.29 is 9.90 Å². The van der Waals surface area contributed by atoms with Crippen molar-refractivity contribution in [1.29, 1.82) is 0 Å². The number of amides is 1. The lowest BCUT2D eigenvalue weighted by Gasteiger charge is -2.28. The molecule has 1 aromatic carbocycles. The summed E-state index contributed by atoms with van der Waals surface area (Å²) in [4.78, 5) is 12.2. The van der Waals surface area contributed by atoms with Gasteiger partial charge in [0.2, 0.25) is 0 Å². The highest BCUT2D eigenvalue weighted by atomic mass is 79.9. The van der Waals surface area contributed by atoms with Crippen LogP contribution in [0, 0.1) is 5.92 Å². The minimum absolute atomic E-state index is 0.0955. The molecule has 0 unspecified atom stereocenters. The molecule has 19 heavy (non-hydrogen) atoms. The van der Waals surface area contributed by atoms with Gasteiger partial charge in [0.05, 0.1) is 5.56 Å². The molecule has 104 valence electrons. The Bertz CT molecular complexity index is 459. The van der Waals surface area contributed by atoms with Crippen molar-refractivity contribution >= 4 is 33.4 Å². The van der Waals surface area contributed by atoms with E-state index in [0.717, 1.165) is 30.2 Å². The summed E-state index contributed by atoms with van der Waals surface area (Å²) in [6, 6.07) is 5.39. The number of carbonyl (C=O) groups is 1.